The third-order valence-corrected chi connectivity index (χ3v) is 3.24. The fraction of sp³-hybridized carbons (Fsp3) is 0.556. The standard InChI is InChI=1S/C9H11FIN3O2/c10-7-5-13(9(15)16)2-1-8(7)14-4-6(11)3-12-14/h3-4,7-8H,1-2,5H2,(H,15,16). The summed E-state index contributed by atoms with van der Waals surface area (Å²) < 4.78 is 16.3. The van der Waals surface area contributed by atoms with Gasteiger partial charge in [0.25, 0.3) is 0 Å². The maximum atomic E-state index is 13.8. The molecule has 2 heterocycles. The lowest BCUT2D eigenvalue weighted by atomic mass is 10.0. The summed E-state index contributed by atoms with van der Waals surface area (Å²) in [5, 5.41) is 12.8. The number of alkyl halides is 1. The smallest absolute Gasteiger partial charge is 0.407 e. The number of likely N-dealkylation sites (tertiary alicyclic amines) is 1. The Balaban J connectivity index is 2.07. The van der Waals surface area contributed by atoms with Crippen LogP contribution in [0.4, 0.5) is 9.18 Å². The molecule has 1 aliphatic rings. The Morgan fingerprint density at radius 1 is 1.69 bits per heavy atom. The van der Waals surface area contributed by atoms with Gasteiger partial charge in [-0.1, -0.05) is 0 Å². The highest BCUT2D eigenvalue weighted by atomic mass is 127. The summed E-state index contributed by atoms with van der Waals surface area (Å²) >= 11 is 2.11. The molecule has 1 saturated heterocycles. The molecule has 0 radical (unpaired) electrons. The minimum Gasteiger partial charge on any atom is -0.465 e. The molecular weight excluding hydrogens is 328 g/mol. The first-order valence-corrected chi connectivity index (χ1v) is 5.97. The molecule has 88 valence electrons. The van der Waals surface area contributed by atoms with Crippen molar-refractivity contribution < 1.29 is 14.3 Å². The van der Waals surface area contributed by atoms with Gasteiger partial charge in [0.1, 0.15) is 6.17 Å². The quantitative estimate of drug-likeness (QED) is 0.793. The second-order valence-corrected chi connectivity index (χ2v) is 4.98. The third-order valence-electron chi connectivity index (χ3n) is 2.69. The van der Waals surface area contributed by atoms with E-state index in [1.54, 1.807) is 17.1 Å². The Kier molecular flexibility index (Phi) is 3.31. The van der Waals surface area contributed by atoms with E-state index in [1.165, 1.54) is 0 Å². The lowest BCUT2D eigenvalue weighted by Crippen LogP contribution is -2.45. The average molecular weight is 339 g/mol. The topological polar surface area (TPSA) is 58.4 Å². The molecule has 0 aromatic carbocycles. The molecule has 1 aromatic rings. The van der Waals surface area contributed by atoms with Crippen molar-refractivity contribution in [3.63, 3.8) is 0 Å². The van der Waals surface area contributed by atoms with Gasteiger partial charge in [-0.05, 0) is 29.0 Å². The number of piperidine rings is 1. The van der Waals surface area contributed by atoms with Gasteiger partial charge in [0, 0.05) is 12.7 Å². The van der Waals surface area contributed by atoms with Crippen molar-refractivity contribution in [2.75, 3.05) is 13.1 Å². The maximum Gasteiger partial charge on any atom is 0.407 e. The molecule has 0 spiro atoms. The van der Waals surface area contributed by atoms with Crippen LogP contribution in [0, 0.1) is 3.57 Å². The lowest BCUT2D eigenvalue weighted by Gasteiger charge is -2.32. The first kappa shape index (κ1) is 11.6. The Bertz CT molecular complexity index is 398. The van der Waals surface area contributed by atoms with E-state index in [9.17, 15) is 9.18 Å². The van der Waals surface area contributed by atoms with Crippen molar-refractivity contribution in [2.45, 2.75) is 18.6 Å². The molecule has 1 amide bonds. The van der Waals surface area contributed by atoms with Crippen LogP contribution in [0.1, 0.15) is 12.5 Å². The number of carboxylic acid groups (broad SMARTS) is 1. The van der Waals surface area contributed by atoms with Crippen LogP contribution in [0.2, 0.25) is 0 Å². The Hall–Kier alpha value is -0.860. The predicted molar refractivity (Wildman–Crippen MR) is 63.1 cm³/mol. The highest BCUT2D eigenvalue weighted by molar-refractivity contribution is 14.1. The maximum absolute atomic E-state index is 13.8. The zero-order valence-electron chi connectivity index (χ0n) is 8.38. The van der Waals surface area contributed by atoms with Gasteiger partial charge in [0.05, 0.1) is 22.4 Å². The SMILES string of the molecule is O=C(O)N1CCC(n2cc(I)cn2)C(F)C1. The highest BCUT2D eigenvalue weighted by Gasteiger charge is 2.32. The van der Waals surface area contributed by atoms with Crippen LogP contribution in [0.15, 0.2) is 12.4 Å². The number of carbonyl (C=O) groups is 1. The largest absolute Gasteiger partial charge is 0.465 e. The molecule has 2 rings (SSSR count). The second kappa shape index (κ2) is 4.56. The number of hydrogen-bond donors (Lipinski definition) is 1. The lowest BCUT2D eigenvalue weighted by molar-refractivity contribution is 0.0754. The summed E-state index contributed by atoms with van der Waals surface area (Å²) in [7, 11) is 0. The molecule has 1 aromatic heterocycles. The molecule has 2 atom stereocenters. The van der Waals surface area contributed by atoms with Crippen LogP contribution >= 0.6 is 22.6 Å². The van der Waals surface area contributed by atoms with Crippen LogP contribution in [0.25, 0.3) is 0 Å². The van der Waals surface area contributed by atoms with E-state index in [-0.39, 0.29) is 12.6 Å². The first-order valence-electron chi connectivity index (χ1n) is 4.89. The summed E-state index contributed by atoms with van der Waals surface area (Å²) in [4.78, 5) is 11.8. The molecule has 5 nitrogen and oxygen atoms in total. The van der Waals surface area contributed by atoms with Gasteiger partial charge in [-0.3, -0.25) is 4.68 Å². The summed E-state index contributed by atoms with van der Waals surface area (Å²) in [6.07, 6.45) is 1.65. The molecular formula is C9H11FIN3O2. The first-order chi connectivity index (χ1) is 7.58. The van der Waals surface area contributed by atoms with Crippen molar-refractivity contribution in [2.24, 2.45) is 0 Å². The van der Waals surface area contributed by atoms with E-state index in [4.69, 9.17) is 5.11 Å². The average Bonchev–Trinajstić information content (AvgIpc) is 2.64. The van der Waals surface area contributed by atoms with Crippen molar-refractivity contribution in [3.05, 3.63) is 16.0 Å². The van der Waals surface area contributed by atoms with E-state index < -0.39 is 12.3 Å². The number of hydrogen-bond acceptors (Lipinski definition) is 2. The summed E-state index contributed by atoms with van der Waals surface area (Å²) in [6.45, 7) is 0.285. The number of rotatable bonds is 1. The Labute approximate surface area is 105 Å². The molecule has 1 aliphatic heterocycles. The van der Waals surface area contributed by atoms with Gasteiger partial charge in [0.2, 0.25) is 0 Å². The normalized spacial score (nSPS) is 25.8. The summed E-state index contributed by atoms with van der Waals surface area (Å²) in [6, 6.07) is -0.348. The number of aromatic nitrogens is 2. The number of amides is 1. The third kappa shape index (κ3) is 2.28. The monoisotopic (exact) mass is 339 g/mol. The van der Waals surface area contributed by atoms with Gasteiger partial charge < -0.3 is 10.0 Å². The minimum absolute atomic E-state index is 0.0730. The van der Waals surface area contributed by atoms with Crippen LogP contribution in [0.5, 0.6) is 0 Å². The van der Waals surface area contributed by atoms with Crippen LogP contribution in [-0.4, -0.2) is 45.1 Å². The zero-order valence-corrected chi connectivity index (χ0v) is 10.5. The highest BCUT2D eigenvalue weighted by Crippen LogP contribution is 2.25. The van der Waals surface area contributed by atoms with Crippen LogP contribution in [-0.2, 0) is 0 Å². The number of nitrogens with zero attached hydrogens (tertiary/aromatic N) is 3. The fourth-order valence-corrected chi connectivity index (χ4v) is 2.27. The molecule has 16 heavy (non-hydrogen) atoms. The summed E-state index contributed by atoms with van der Waals surface area (Å²) in [5.41, 5.74) is 0. The molecule has 1 fully saturated rings. The fourth-order valence-electron chi connectivity index (χ4n) is 1.86. The molecule has 2 unspecified atom stereocenters. The second-order valence-electron chi connectivity index (χ2n) is 3.74. The van der Waals surface area contributed by atoms with Crippen molar-refractivity contribution in [3.8, 4) is 0 Å². The summed E-state index contributed by atoms with van der Waals surface area (Å²) in [5.74, 6) is 0. The van der Waals surface area contributed by atoms with Gasteiger partial charge in [-0.2, -0.15) is 5.10 Å². The molecule has 0 saturated carbocycles. The Morgan fingerprint density at radius 2 is 2.44 bits per heavy atom. The Morgan fingerprint density at radius 3 is 2.94 bits per heavy atom. The van der Waals surface area contributed by atoms with E-state index in [0.717, 1.165) is 8.47 Å². The van der Waals surface area contributed by atoms with Crippen molar-refractivity contribution >= 4 is 28.7 Å². The van der Waals surface area contributed by atoms with E-state index in [2.05, 4.69) is 27.7 Å². The van der Waals surface area contributed by atoms with Crippen molar-refractivity contribution in [1.82, 2.24) is 14.7 Å². The van der Waals surface area contributed by atoms with Gasteiger partial charge in [0.15, 0.2) is 0 Å². The number of halogens is 2. The predicted octanol–water partition coefficient (Wildman–Crippen LogP) is 1.75. The van der Waals surface area contributed by atoms with Crippen LogP contribution in [0.3, 0.4) is 0 Å². The molecule has 0 aliphatic carbocycles. The molecule has 0 bridgehead atoms. The van der Waals surface area contributed by atoms with Gasteiger partial charge in [-0.15, -0.1) is 0 Å². The van der Waals surface area contributed by atoms with Crippen LogP contribution < -0.4 is 0 Å². The molecule has 7 heteroatoms. The van der Waals surface area contributed by atoms with Gasteiger partial charge >= 0.3 is 6.09 Å². The van der Waals surface area contributed by atoms with E-state index >= 15 is 0 Å². The zero-order chi connectivity index (χ0) is 11.7. The van der Waals surface area contributed by atoms with E-state index in [0.29, 0.717) is 13.0 Å². The minimum atomic E-state index is -1.19. The van der Waals surface area contributed by atoms with Crippen molar-refractivity contribution in [1.29, 1.82) is 0 Å². The van der Waals surface area contributed by atoms with E-state index in [1.807, 2.05) is 0 Å². The molecule has 1 N–H and O–H groups in total. The van der Waals surface area contributed by atoms with Gasteiger partial charge in [-0.25, -0.2) is 9.18 Å².